The molecule has 0 aliphatic rings. The molecular formula is C12H14Br2O3. The first-order valence-electron chi connectivity index (χ1n) is 5.02. The van der Waals surface area contributed by atoms with Crippen LogP contribution in [0, 0.1) is 5.41 Å². The lowest BCUT2D eigenvalue weighted by Crippen LogP contribution is -2.16. The van der Waals surface area contributed by atoms with Crippen molar-refractivity contribution >= 4 is 38.1 Å². The maximum Gasteiger partial charge on any atom is 0.176 e. The van der Waals surface area contributed by atoms with E-state index in [2.05, 4.69) is 31.9 Å². The summed E-state index contributed by atoms with van der Waals surface area (Å²) >= 11 is 6.65. The average molecular weight is 366 g/mol. The predicted octanol–water partition coefficient (Wildman–Crippen LogP) is 3.69. The number of hydrogen-bond donors (Lipinski definition) is 1. The number of hydrogen-bond acceptors (Lipinski definition) is 3. The summed E-state index contributed by atoms with van der Waals surface area (Å²) in [5.41, 5.74) is 0.452. The van der Waals surface area contributed by atoms with Gasteiger partial charge in [0.1, 0.15) is 6.29 Å². The van der Waals surface area contributed by atoms with Gasteiger partial charge in [-0.25, -0.2) is 0 Å². The van der Waals surface area contributed by atoms with E-state index in [1.807, 2.05) is 13.8 Å². The van der Waals surface area contributed by atoms with Gasteiger partial charge in [0.05, 0.1) is 16.1 Å². The zero-order valence-electron chi connectivity index (χ0n) is 9.88. The number of aromatic hydroxyl groups is 1. The minimum absolute atomic E-state index is 0.0482. The van der Waals surface area contributed by atoms with Crippen molar-refractivity contribution in [1.29, 1.82) is 0 Å². The van der Waals surface area contributed by atoms with Gasteiger partial charge in [-0.05, 0) is 49.9 Å². The predicted molar refractivity (Wildman–Crippen MR) is 73.6 cm³/mol. The Hall–Kier alpha value is -0.550. The number of carbonyl (C=O) groups is 1. The maximum atomic E-state index is 10.9. The molecule has 5 heteroatoms. The van der Waals surface area contributed by atoms with E-state index in [9.17, 15) is 9.90 Å². The lowest BCUT2D eigenvalue weighted by atomic mass is 9.87. The fourth-order valence-electron chi connectivity index (χ4n) is 1.49. The first kappa shape index (κ1) is 14.5. The Morgan fingerprint density at radius 2 is 2.06 bits per heavy atom. The van der Waals surface area contributed by atoms with Gasteiger partial charge >= 0.3 is 0 Å². The molecule has 1 rings (SSSR count). The van der Waals surface area contributed by atoms with Crippen molar-refractivity contribution in [3.05, 3.63) is 20.6 Å². The van der Waals surface area contributed by atoms with Gasteiger partial charge < -0.3 is 14.6 Å². The highest BCUT2D eigenvalue weighted by molar-refractivity contribution is 9.11. The van der Waals surface area contributed by atoms with Gasteiger partial charge in [-0.15, -0.1) is 0 Å². The number of benzene rings is 1. The number of aldehydes is 1. The van der Waals surface area contributed by atoms with Crippen LogP contribution in [0.5, 0.6) is 11.5 Å². The van der Waals surface area contributed by atoms with E-state index in [-0.39, 0.29) is 5.75 Å². The Morgan fingerprint density at radius 3 is 2.53 bits per heavy atom. The topological polar surface area (TPSA) is 46.5 Å². The summed E-state index contributed by atoms with van der Waals surface area (Å²) in [7, 11) is 1.49. The molecule has 0 amide bonds. The summed E-state index contributed by atoms with van der Waals surface area (Å²) in [6.07, 6.45) is 1.49. The van der Waals surface area contributed by atoms with Crippen molar-refractivity contribution in [3.63, 3.8) is 0 Å². The molecule has 0 bridgehead atoms. The molecule has 0 saturated heterocycles. The summed E-state index contributed by atoms with van der Waals surface area (Å²) in [5, 5.41) is 9.79. The van der Waals surface area contributed by atoms with Crippen LogP contribution in [0.4, 0.5) is 0 Å². The van der Waals surface area contributed by atoms with Gasteiger partial charge in [-0.2, -0.15) is 0 Å². The highest BCUT2D eigenvalue weighted by Gasteiger charge is 2.22. The molecule has 1 aromatic carbocycles. The average Bonchev–Trinajstić information content (AvgIpc) is 2.26. The maximum absolute atomic E-state index is 10.9. The fraction of sp³-hybridized carbons (Fsp3) is 0.417. The molecule has 0 aliphatic heterocycles. The van der Waals surface area contributed by atoms with Gasteiger partial charge in [-0.1, -0.05) is 13.8 Å². The summed E-state index contributed by atoms with van der Waals surface area (Å²) in [5.74, 6) is 0.420. The monoisotopic (exact) mass is 364 g/mol. The van der Waals surface area contributed by atoms with Gasteiger partial charge in [0, 0.05) is 5.41 Å². The minimum atomic E-state index is -0.454. The third-order valence-corrected chi connectivity index (χ3v) is 3.87. The molecule has 17 heavy (non-hydrogen) atoms. The van der Waals surface area contributed by atoms with E-state index in [4.69, 9.17) is 4.74 Å². The van der Waals surface area contributed by atoms with Gasteiger partial charge in [-0.3, -0.25) is 0 Å². The summed E-state index contributed by atoms with van der Waals surface area (Å²) < 4.78 is 6.36. The lowest BCUT2D eigenvalue weighted by Gasteiger charge is -2.19. The number of halogens is 2. The largest absolute Gasteiger partial charge is 0.503 e. The molecule has 1 N–H and O–H groups in total. The molecule has 0 aromatic heterocycles. The Labute approximate surface area is 117 Å². The van der Waals surface area contributed by atoms with Crippen LogP contribution in [0.2, 0.25) is 0 Å². The van der Waals surface area contributed by atoms with Crippen LogP contribution in [0.3, 0.4) is 0 Å². The molecule has 0 fully saturated rings. The van der Waals surface area contributed by atoms with Crippen molar-refractivity contribution < 1.29 is 14.6 Å². The van der Waals surface area contributed by atoms with Crippen LogP contribution in [0.1, 0.15) is 19.4 Å². The number of phenols is 1. The van der Waals surface area contributed by atoms with E-state index >= 15 is 0 Å². The van der Waals surface area contributed by atoms with E-state index in [0.717, 1.165) is 11.8 Å². The first-order valence-corrected chi connectivity index (χ1v) is 6.61. The summed E-state index contributed by atoms with van der Waals surface area (Å²) in [6.45, 7) is 3.72. The molecule has 3 nitrogen and oxygen atoms in total. The van der Waals surface area contributed by atoms with Crippen LogP contribution in [-0.2, 0) is 11.2 Å². The summed E-state index contributed by atoms with van der Waals surface area (Å²) in [4.78, 5) is 10.9. The zero-order chi connectivity index (χ0) is 13.2. The second-order valence-corrected chi connectivity index (χ2v) is 6.14. The van der Waals surface area contributed by atoms with Crippen molar-refractivity contribution in [2.75, 3.05) is 7.11 Å². The van der Waals surface area contributed by atoms with E-state index in [1.54, 1.807) is 6.07 Å². The van der Waals surface area contributed by atoms with Gasteiger partial charge in [0.25, 0.3) is 0 Å². The van der Waals surface area contributed by atoms with Crippen LogP contribution in [0.15, 0.2) is 15.0 Å². The summed E-state index contributed by atoms with van der Waals surface area (Å²) in [6, 6.07) is 1.78. The molecular weight excluding hydrogens is 352 g/mol. The molecule has 0 radical (unpaired) electrons. The van der Waals surface area contributed by atoms with Gasteiger partial charge in [0.15, 0.2) is 11.5 Å². The quantitative estimate of drug-likeness (QED) is 0.827. The lowest BCUT2D eigenvalue weighted by molar-refractivity contribution is -0.114. The number of ether oxygens (including phenoxy) is 1. The SMILES string of the molecule is COc1c(O)c(Br)cc(CC(C)(C)C=O)c1Br. The van der Waals surface area contributed by atoms with Crippen molar-refractivity contribution in [2.45, 2.75) is 20.3 Å². The Kier molecular flexibility index (Phi) is 4.61. The van der Waals surface area contributed by atoms with Crippen LogP contribution in [0.25, 0.3) is 0 Å². The van der Waals surface area contributed by atoms with Crippen LogP contribution in [-0.4, -0.2) is 18.5 Å². The van der Waals surface area contributed by atoms with Crippen molar-refractivity contribution in [2.24, 2.45) is 5.41 Å². The molecule has 94 valence electrons. The van der Waals surface area contributed by atoms with Crippen LogP contribution < -0.4 is 4.74 Å². The number of rotatable bonds is 4. The normalized spacial score (nSPS) is 11.4. The molecule has 0 atom stereocenters. The second kappa shape index (κ2) is 5.40. The molecule has 0 unspecified atom stereocenters. The van der Waals surface area contributed by atoms with E-state index in [0.29, 0.717) is 21.1 Å². The molecule has 0 saturated carbocycles. The molecule has 1 aromatic rings. The first-order chi connectivity index (χ1) is 7.82. The molecule has 0 heterocycles. The Bertz CT molecular complexity index is 442. The van der Waals surface area contributed by atoms with E-state index in [1.165, 1.54) is 7.11 Å². The van der Waals surface area contributed by atoms with Crippen LogP contribution >= 0.6 is 31.9 Å². The molecule has 0 aliphatic carbocycles. The Morgan fingerprint density at radius 1 is 1.47 bits per heavy atom. The number of phenolic OH excluding ortho intramolecular Hbond substituents is 1. The zero-order valence-corrected chi connectivity index (χ0v) is 13.1. The van der Waals surface area contributed by atoms with Crippen molar-refractivity contribution in [1.82, 2.24) is 0 Å². The Balaban J connectivity index is 3.27. The highest BCUT2D eigenvalue weighted by atomic mass is 79.9. The number of carbonyl (C=O) groups excluding carboxylic acids is 1. The smallest absolute Gasteiger partial charge is 0.176 e. The van der Waals surface area contributed by atoms with E-state index < -0.39 is 5.41 Å². The standard InChI is InChI=1S/C12H14Br2O3/c1-12(2,6-15)5-7-4-8(13)10(16)11(17-3)9(7)14/h4,6,16H,5H2,1-3H3. The minimum Gasteiger partial charge on any atom is -0.503 e. The second-order valence-electron chi connectivity index (χ2n) is 4.50. The highest BCUT2D eigenvalue weighted by Crippen LogP contribution is 2.43. The number of methoxy groups -OCH3 is 1. The third kappa shape index (κ3) is 3.22. The van der Waals surface area contributed by atoms with Crippen molar-refractivity contribution in [3.8, 4) is 11.5 Å². The van der Waals surface area contributed by atoms with Gasteiger partial charge in [0.2, 0.25) is 0 Å². The fourth-order valence-corrected chi connectivity index (χ4v) is 2.55. The third-order valence-electron chi connectivity index (χ3n) is 2.39. The molecule has 0 spiro atoms.